The van der Waals surface area contributed by atoms with Gasteiger partial charge in [0.1, 0.15) is 0 Å². The molecular formula is C18H31P. The second kappa shape index (κ2) is 6.40. The Morgan fingerprint density at radius 3 is 1.68 bits per heavy atom. The quantitative estimate of drug-likeness (QED) is 0.617. The largest absolute Gasteiger partial charge is 0.0654 e. The van der Waals surface area contributed by atoms with E-state index in [4.69, 9.17) is 0 Å². The van der Waals surface area contributed by atoms with Crippen molar-refractivity contribution in [2.45, 2.75) is 78.0 Å². The number of hydrogen-bond acceptors (Lipinski definition) is 0. The first-order valence-corrected chi connectivity index (χ1v) is 8.89. The van der Waals surface area contributed by atoms with Gasteiger partial charge in [-0.15, -0.1) is 0 Å². The fourth-order valence-electron chi connectivity index (χ4n) is 2.97. The van der Waals surface area contributed by atoms with E-state index in [1.165, 1.54) is 24.8 Å². The summed E-state index contributed by atoms with van der Waals surface area (Å²) < 4.78 is 0. The molecule has 0 aliphatic carbocycles. The lowest BCUT2D eigenvalue weighted by molar-refractivity contribution is 0.715. The Bertz CT molecular complexity index is 362. The predicted molar refractivity (Wildman–Crippen MR) is 91.1 cm³/mol. The van der Waals surface area contributed by atoms with Gasteiger partial charge in [-0.25, -0.2) is 0 Å². The molecule has 0 nitrogen and oxygen atoms in total. The maximum absolute atomic E-state index is 2.38. The number of benzene rings is 1. The summed E-state index contributed by atoms with van der Waals surface area (Å²) in [5.41, 5.74) is 1.49. The molecule has 0 atom stereocenters. The number of unbranched alkanes of at least 4 members (excludes halogenated alkanes) is 1. The molecule has 1 aromatic carbocycles. The highest BCUT2D eigenvalue weighted by atomic mass is 31.1. The van der Waals surface area contributed by atoms with Gasteiger partial charge in [0, 0.05) is 0 Å². The van der Waals surface area contributed by atoms with E-state index in [-0.39, 0.29) is 7.92 Å². The van der Waals surface area contributed by atoms with E-state index in [1.54, 1.807) is 5.30 Å². The zero-order chi connectivity index (χ0) is 14.7. The average molecular weight is 278 g/mol. The summed E-state index contributed by atoms with van der Waals surface area (Å²) in [6.45, 7) is 16.6. The minimum Gasteiger partial charge on any atom is -0.0654 e. The molecule has 0 radical (unpaired) electrons. The van der Waals surface area contributed by atoms with Gasteiger partial charge in [0.15, 0.2) is 0 Å². The van der Waals surface area contributed by atoms with Crippen LogP contribution >= 0.6 is 7.92 Å². The lowest BCUT2D eigenvalue weighted by Crippen LogP contribution is -2.31. The van der Waals surface area contributed by atoms with Gasteiger partial charge in [-0.3, -0.25) is 0 Å². The van der Waals surface area contributed by atoms with Crippen LogP contribution in [0.2, 0.25) is 0 Å². The zero-order valence-electron chi connectivity index (χ0n) is 13.9. The van der Waals surface area contributed by atoms with Crippen LogP contribution in [-0.2, 0) is 6.42 Å². The molecule has 0 spiro atoms. The minimum absolute atomic E-state index is 0.163. The molecule has 0 aliphatic rings. The highest BCUT2D eigenvalue weighted by Crippen LogP contribution is 2.58. The van der Waals surface area contributed by atoms with Crippen molar-refractivity contribution in [1.29, 1.82) is 0 Å². The monoisotopic (exact) mass is 278 g/mol. The van der Waals surface area contributed by atoms with Crippen LogP contribution in [0.5, 0.6) is 0 Å². The van der Waals surface area contributed by atoms with E-state index in [0.717, 1.165) is 0 Å². The molecule has 0 amide bonds. The molecule has 0 fully saturated rings. The third kappa shape index (κ3) is 4.92. The SMILES string of the molecule is CCCCc1ccc(P(C(C)(C)C)C(C)(C)C)cc1. The molecule has 0 heterocycles. The minimum atomic E-state index is -0.163. The third-order valence-electron chi connectivity index (χ3n) is 3.36. The van der Waals surface area contributed by atoms with Crippen LogP contribution in [0.1, 0.15) is 66.9 Å². The number of rotatable bonds is 4. The molecule has 108 valence electrons. The van der Waals surface area contributed by atoms with E-state index < -0.39 is 0 Å². The summed E-state index contributed by atoms with van der Waals surface area (Å²) in [6.07, 6.45) is 3.80. The predicted octanol–water partition coefficient (Wildman–Crippen LogP) is 5.73. The van der Waals surface area contributed by atoms with E-state index in [0.29, 0.717) is 10.3 Å². The highest BCUT2D eigenvalue weighted by Gasteiger charge is 2.35. The standard InChI is InChI=1S/C18H31P/c1-8-9-10-15-11-13-16(14-12-15)19(17(2,3)4)18(5,6)7/h11-14H,8-10H2,1-7H3. The zero-order valence-corrected chi connectivity index (χ0v) is 14.8. The Morgan fingerprint density at radius 2 is 1.32 bits per heavy atom. The molecule has 1 heteroatoms. The van der Waals surface area contributed by atoms with E-state index in [2.05, 4.69) is 72.7 Å². The van der Waals surface area contributed by atoms with Gasteiger partial charge >= 0.3 is 0 Å². The van der Waals surface area contributed by atoms with Crippen molar-refractivity contribution >= 4 is 13.2 Å². The van der Waals surface area contributed by atoms with Gasteiger partial charge in [-0.1, -0.05) is 87.1 Å². The molecule has 0 aliphatic heterocycles. The first-order valence-electron chi connectivity index (χ1n) is 7.55. The van der Waals surface area contributed by atoms with Crippen molar-refractivity contribution in [3.05, 3.63) is 29.8 Å². The molecule has 0 saturated heterocycles. The third-order valence-corrected chi connectivity index (χ3v) is 6.85. The molecular weight excluding hydrogens is 247 g/mol. The Morgan fingerprint density at radius 1 is 0.842 bits per heavy atom. The molecule has 1 rings (SSSR count). The van der Waals surface area contributed by atoms with Crippen LogP contribution in [0, 0.1) is 0 Å². The van der Waals surface area contributed by atoms with Crippen molar-refractivity contribution < 1.29 is 0 Å². The summed E-state index contributed by atoms with van der Waals surface area (Å²) in [4.78, 5) is 0. The fourth-order valence-corrected chi connectivity index (χ4v) is 6.98. The van der Waals surface area contributed by atoms with E-state index in [9.17, 15) is 0 Å². The Balaban J connectivity index is 2.99. The van der Waals surface area contributed by atoms with Crippen LogP contribution in [-0.4, -0.2) is 10.3 Å². The molecule has 19 heavy (non-hydrogen) atoms. The van der Waals surface area contributed by atoms with E-state index >= 15 is 0 Å². The molecule has 0 N–H and O–H groups in total. The molecule has 0 unspecified atom stereocenters. The van der Waals surface area contributed by atoms with Gasteiger partial charge in [-0.05, 0) is 34.0 Å². The van der Waals surface area contributed by atoms with Crippen molar-refractivity contribution in [3.8, 4) is 0 Å². The van der Waals surface area contributed by atoms with Gasteiger partial charge in [-0.2, -0.15) is 0 Å². The summed E-state index contributed by atoms with van der Waals surface area (Å²) in [5.74, 6) is 0. The van der Waals surface area contributed by atoms with Gasteiger partial charge < -0.3 is 0 Å². The Labute approximate surface area is 121 Å². The first-order chi connectivity index (χ1) is 8.66. The van der Waals surface area contributed by atoms with Crippen molar-refractivity contribution in [2.75, 3.05) is 0 Å². The normalized spacial score (nSPS) is 13.1. The average Bonchev–Trinajstić information content (AvgIpc) is 2.24. The van der Waals surface area contributed by atoms with Crippen LogP contribution in [0.25, 0.3) is 0 Å². The van der Waals surface area contributed by atoms with Crippen molar-refractivity contribution in [2.24, 2.45) is 0 Å². The summed E-state index contributed by atoms with van der Waals surface area (Å²) in [5, 5.41) is 2.27. The smallest absolute Gasteiger partial charge is 0.0134 e. The lowest BCUT2D eigenvalue weighted by atomic mass is 10.1. The van der Waals surface area contributed by atoms with E-state index in [1.807, 2.05) is 0 Å². The number of hydrogen-bond donors (Lipinski definition) is 0. The van der Waals surface area contributed by atoms with Crippen LogP contribution in [0.15, 0.2) is 24.3 Å². The maximum Gasteiger partial charge on any atom is -0.0134 e. The second-order valence-corrected chi connectivity index (χ2v) is 11.3. The van der Waals surface area contributed by atoms with Gasteiger partial charge in [0.2, 0.25) is 0 Å². The summed E-state index contributed by atoms with van der Waals surface area (Å²) >= 11 is 0. The van der Waals surface area contributed by atoms with Crippen LogP contribution in [0.4, 0.5) is 0 Å². The topological polar surface area (TPSA) is 0 Å². The summed E-state index contributed by atoms with van der Waals surface area (Å²) in [6, 6.07) is 9.45. The number of aryl methyl sites for hydroxylation is 1. The van der Waals surface area contributed by atoms with Crippen molar-refractivity contribution in [3.63, 3.8) is 0 Å². The fraction of sp³-hybridized carbons (Fsp3) is 0.667. The van der Waals surface area contributed by atoms with Crippen molar-refractivity contribution in [1.82, 2.24) is 0 Å². The second-order valence-electron chi connectivity index (χ2n) is 7.45. The maximum atomic E-state index is 2.38. The molecule has 0 saturated carbocycles. The molecule has 1 aromatic rings. The van der Waals surface area contributed by atoms with Crippen LogP contribution < -0.4 is 5.30 Å². The van der Waals surface area contributed by atoms with Crippen LogP contribution in [0.3, 0.4) is 0 Å². The Kier molecular flexibility index (Phi) is 5.63. The summed E-state index contributed by atoms with van der Waals surface area (Å²) in [7, 11) is -0.163. The molecule has 0 aromatic heterocycles. The van der Waals surface area contributed by atoms with Gasteiger partial charge in [0.05, 0.1) is 0 Å². The first kappa shape index (κ1) is 16.7. The lowest BCUT2D eigenvalue weighted by Gasteiger charge is -2.41. The van der Waals surface area contributed by atoms with Gasteiger partial charge in [0.25, 0.3) is 0 Å². The molecule has 0 bridgehead atoms. The Hall–Kier alpha value is -0.350. The highest BCUT2D eigenvalue weighted by molar-refractivity contribution is 7.68.